The molecule has 16 heavy (non-hydrogen) atoms. The van der Waals surface area contributed by atoms with Crippen LogP contribution in [0.5, 0.6) is 0 Å². The number of carbonyl (C=O) groups is 2. The third-order valence-electron chi connectivity index (χ3n) is 3.43. The smallest absolute Gasteiger partial charge is 0.236 e. The maximum absolute atomic E-state index is 12.1. The molecule has 0 atom stereocenters. The second kappa shape index (κ2) is 5.25. The van der Waals surface area contributed by atoms with Crippen LogP contribution in [0.3, 0.4) is 0 Å². The number of amides is 2. The molecule has 1 rings (SSSR count). The first kappa shape index (κ1) is 12.9. The van der Waals surface area contributed by atoms with Gasteiger partial charge in [0.05, 0.1) is 5.41 Å². The fourth-order valence-corrected chi connectivity index (χ4v) is 2.12. The van der Waals surface area contributed by atoms with E-state index in [4.69, 9.17) is 5.73 Å². The van der Waals surface area contributed by atoms with Crippen molar-refractivity contribution in [3.63, 3.8) is 0 Å². The minimum Gasteiger partial charge on any atom is -0.327 e. The Bertz CT molecular complexity index is 306. The molecule has 4 nitrogen and oxygen atoms in total. The van der Waals surface area contributed by atoms with E-state index in [9.17, 15) is 9.59 Å². The van der Waals surface area contributed by atoms with Gasteiger partial charge in [-0.15, -0.1) is 0 Å². The molecule has 0 bridgehead atoms. The van der Waals surface area contributed by atoms with Gasteiger partial charge < -0.3 is 5.73 Å². The van der Waals surface area contributed by atoms with Crippen LogP contribution in [0.4, 0.5) is 0 Å². The summed E-state index contributed by atoms with van der Waals surface area (Å²) in [5.74, 6) is -0.0838. The van der Waals surface area contributed by atoms with Crippen LogP contribution >= 0.6 is 0 Å². The van der Waals surface area contributed by atoms with Gasteiger partial charge in [-0.05, 0) is 12.8 Å². The molecule has 1 saturated heterocycles. The van der Waals surface area contributed by atoms with Gasteiger partial charge in [-0.3, -0.25) is 14.5 Å². The lowest BCUT2D eigenvalue weighted by molar-refractivity contribution is -0.140. The van der Waals surface area contributed by atoms with Crippen molar-refractivity contribution in [1.29, 1.82) is 0 Å². The third-order valence-corrected chi connectivity index (χ3v) is 3.43. The van der Waals surface area contributed by atoms with Crippen molar-refractivity contribution >= 4 is 11.8 Å². The molecule has 4 heteroatoms. The Hall–Kier alpha value is -1.16. The zero-order valence-corrected chi connectivity index (χ0v) is 10.0. The second-order valence-electron chi connectivity index (χ2n) is 4.18. The van der Waals surface area contributed by atoms with E-state index in [0.717, 1.165) is 12.8 Å². The van der Waals surface area contributed by atoms with E-state index >= 15 is 0 Å². The molecule has 0 unspecified atom stereocenters. The average molecular weight is 224 g/mol. The van der Waals surface area contributed by atoms with Crippen molar-refractivity contribution in [1.82, 2.24) is 4.90 Å². The van der Waals surface area contributed by atoms with E-state index in [1.165, 1.54) is 4.90 Å². The fourth-order valence-electron chi connectivity index (χ4n) is 2.12. The molecule has 2 amide bonds. The van der Waals surface area contributed by atoms with Gasteiger partial charge in [0.1, 0.15) is 0 Å². The van der Waals surface area contributed by atoms with Crippen LogP contribution in [0.2, 0.25) is 0 Å². The minimum atomic E-state index is -0.451. The van der Waals surface area contributed by atoms with Gasteiger partial charge in [-0.25, -0.2) is 0 Å². The minimum absolute atomic E-state index is 0.0239. The lowest BCUT2D eigenvalue weighted by Crippen LogP contribution is -2.35. The molecule has 1 aliphatic heterocycles. The Morgan fingerprint density at radius 2 is 1.94 bits per heavy atom. The van der Waals surface area contributed by atoms with Crippen molar-refractivity contribution in [2.24, 2.45) is 11.1 Å². The molecule has 0 aliphatic carbocycles. The predicted octanol–water partition coefficient (Wildman–Crippen LogP) is 1.07. The van der Waals surface area contributed by atoms with Crippen LogP contribution in [0.15, 0.2) is 12.2 Å². The highest BCUT2D eigenvalue weighted by Crippen LogP contribution is 2.38. The largest absolute Gasteiger partial charge is 0.327 e. The first-order valence-electron chi connectivity index (χ1n) is 5.81. The Labute approximate surface area is 96.5 Å². The lowest BCUT2D eigenvalue weighted by Gasteiger charge is -2.22. The van der Waals surface area contributed by atoms with Crippen LogP contribution in [-0.2, 0) is 9.59 Å². The van der Waals surface area contributed by atoms with Crippen LogP contribution in [0.1, 0.15) is 33.1 Å². The summed E-state index contributed by atoms with van der Waals surface area (Å²) in [6, 6.07) is 0. The van der Waals surface area contributed by atoms with Crippen molar-refractivity contribution in [2.75, 3.05) is 13.1 Å². The molecular formula is C12H20N2O2. The Kier molecular flexibility index (Phi) is 4.24. The first-order valence-corrected chi connectivity index (χ1v) is 5.81. The predicted molar refractivity (Wildman–Crippen MR) is 62.5 cm³/mol. The zero-order valence-electron chi connectivity index (χ0n) is 10.0. The number of likely N-dealkylation sites (tertiary alicyclic amines) is 1. The first-order chi connectivity index (χ1) is 7.61. The molecule has 2 N–H and O–H groups in total. The average Bonchev–Trinajstić information content (AvgIpc) is 2.53. The molecule has 1 aliphatic rings. The molecule has 0 aromatic heterocycles. The summed E-state index contributed by atoms with van der Waals surface area (Å²) in [5.41, 5.74) is 4.86. The van der Waals surface area contributed by atoms with Gasteiger partial charge in [0.25, 0.3) is 0 Å². The topological polar surface area (TPSA) is 63.4 Å². The molecule has 0 aromatic carbocycles. The van der Waals surface area contributed by atoms with Crippen LogP contribution in [0.25, 0.3) is 0 Å². The standard InChI is InChI=1S/C12H20N2O2/c1-3-12(4-2)9-10(15)14(11(12)16)8-6-5-7-13/h5-6H,3-4,7-9,13H2,1-2H3/b6-5+. The lowest BCUT2D eigenvalue weighted by atomic mass is 9.81. The molecule has 0 saturated carbocycles. The summed E-state index contributed by atoms with van der Waals surface area (Å²) in [6.07, 6.45) is 5.35. The monoisotopic (exact) mass is 224 g/mol. The molecule has 0 radical (unpaired) electrons. The molecule has 0 spiro atoms. The van der Waals surface area contributed by atoms with Gasteiger partial charge in [0.15, 0.2) is 0 Å². The Morgan fingerprint density at radius 1 is 1.31 bits per heavy atom. The number of rotatable bonds is 5. The Morgan fingerprint density at radius 3 is 2.38 bits per heavy atom. The van der Waals surface area contributed by atoms with Crippen LogP contribution < -0.4 is 5.73 Å². The summed E-state index contributed by atoms with van der Waals surface area (Å²) < 4.78 is 0. The van der Waals surface area contributed by atoms with E-state index in [1.807, 2.05) is 13.8 Å². The molecule has 1 fully saturated rings. The van der Waals surface area contributed by atoms with Crippen molar-refractivity contribution in [3.8, 4) is 0 Å². The summed E-state index contributed by atoms with van der Waals surface area (Å²) in [6.45, 7) is 4.72. The number of hydrogen-bond donors (Lipinski definition) is 1. The van der Waals surface area contributed by atoms with Gasteiger partial charge in [-0.1, -0.05) is 26.0 Å². The van der Waals surface area contributed by atoms with E-state index in [-0.39, 0.29) is 11.8 Å². The highest BCUT2D eigenvalue weighted by atomic mass is 16.2. The van der Waals surface area contributed by atoms with E-state index in [1.54, 1.807) is 12.2 Å². The van der Waals surface area contributed by atoms with E-state index in [2.05, 4.69) is 0 Å². The maximum atomic E-state index is 12.1. The van der Waals surface area contributed by atoms with E-state index < -0.39 is 5.41 Å². The number of carbonyl (C=O) groups excluding carboxylic acids is 2. The molecular weight excluding hydrogens is 204 g/mol. The van der Waals surface area contributed by atoms with Gasteiger partial charge >= 0.3 is 0 Å². The Balaban J connectivity index is 2.78. The molecule has 0 aromatic rings. The SMILES string of the molecule is CCC1(CC)CC(=O)N(C/C=C/CN)C1=O. The number of nitrogens with two attached hydrogens (primary N) is 1. The summed E-state index contributed by atoms with van der Waals surface area (Å²) in [7, 11) is 0. The van der Waals surface area contributed by atoms with E-state index in [0.29, 0.717) is 19.5 Å². The maximum Gasteiger partial charge on any atom is 0.236 e. The second-order valence-corrected chi connectivity index (χ2v) is 4.18. The van der Waals surface area contributed by atoms with Crippen molar-refractivity contribution < 1.29 is 9.59 Å². The number of nitrogens with zero attached hydrogens (tertiary/aromatic N) is 1. The zero-order chi connectivity index (χ0) is 12.2. The van der Waals surface area contributed by atoms with Gasteiger partial charge in [-0.2, -0.15) is 0 Å². The quantitative estimate of drug-likeness (QED) is 0.561. The summed E-state index contributed by atoms with van der Waals surface area (Å²) in [4.78, 5) is 25.2. The van der Waals surface area contributed by atoms with Gasteiger partial charge in [0.2, 0.25) is 11.8 Å². The highest BCUT2D eigenvalue weighted by Gasteiger charge is 2.48. The highest BCUT2D eigenvalue weighted by molar-refractivity contribution is 6.05. The fraction of sp³-hybridized carbons (Fsp3) is 0.667. The van der Waals surface area contributed by atoms with Crippen LogP contribution in [0, 0.1) is 5.41 Å². The van der Waals surface area contributed by atoms with Crippen molar-refractivity contribution in [3.05, 3.63) is 12.2 Å². The number of hydrogen-bond acceptors (Lipinski definition) is 3. The molecule has 90 valence electrons. The third kappa shape index (κ3) is 2.16. The van der Waals surface area contributed by atoms with Crippen molar-refractivity contribution in [2.45, 2.75) is 33.1 Å². The normalized spacial score (nSPS) is 20.1. The van der Waals surface area contributed by atoms with Gasteiger partial charge in [0, 0.05) is 19.5 Å². The molecule has 1 heterocycles. The van der Waals surface area contributed by atoms with Crippen LogP contribution in [-0.4, -0.2) is 29.8 Å². The summed E-state index contributed by atoms with van der Waals surface area (Å²) in [5, 5.41) is 0. The number of imide groups is 1. The summed E-state index contributed by atoms with van der Waals surface area (Å²) >= 11 is 0.